The molecule has 0 saturated carbocycles. The average molecular weight is 480 g/mol. The van der Waals surface area contributed by atoms with Crippen LogP contribution in [0.2, 0.25) is 15.8 Å². The molecule has 0 N–H and O–H groups in total. The van der Waals surface area contributed by atoms with E-state index < -0.39 is 27.2 Å². The number of benzene rings is 3. The zero-order valence-electron chi connectivity index (χ0n) is 16.7. The molecule has 0 aliphatic rings. The van der Waals surface area contributed by atoms with Gasteiger partial charge in [-0.1, -0.05) is 0 Å². The molecule has 0 unspecified atom stereocenters. The fourth-order valence-electron chi connectivity index (χ4n) is 3.99. The molecule has 3 aromatic carbocycles. The molecule has 3 heteroatoms. The third-order valence-electron chi connectivity index (χ3n) is 5.84. The van der Waals surface area contributed by atoms with E-state index in [1.807, 2.05) is 0 Å². The van der Waals surface area contributed by atoms with Crippen LogP contribution in [-0.4, -0.2) is 27.2 Å². The summed E-state index contributed by atoms with van der Waals surface area (Å²) >= 11 is -5.66. The molecule has 0 aliphatic heterocycles. The van der Waals surface area contributed by atoms with Gasteiger partial charge in [0.15, 0.2) is 0 Å². The van der Waals surface area contributed by atoms with Crippen molar-refractivity contribution in [2.24, 2.45) is 0 Å². The Bertz CT molecular complexity index is 710. The zero-order chi connectivity index (χ0) is 19.2. The fourth-order valence-corrected chi connectivity index (χ4v) is 32.1. The topological polar surface area (TPSA) is 9.23 Å². The summed E-state index contributed by atoms with van der Waals surface area (Å²) in [5.74, 6) is 0. The summed E-state index contributed by atoms with van der Waals surface area (Å²) < 4.78 is 11.8. The van der Waals surface area contributed by atoms with E-state index in [4.69, 9.17) is 2.79 Å². The van der Waals surface area contributed by atoms with Crippen LogP contribution < -0.4 is 13.2 Å². The van der Waals surface area contributed by atoms with Gasteiger partial charge in [-0.15, -0.1) is 0 Å². The molecule has 3 rings (SSSR count). The summed E-state index contributed by atoms with van der Waals surface area (Å²) in [4.78, 5) is 0. The van der Waals surface area contributed by atoms with E-state index in [0.717, 1.165) is 0 Å². The predicted octanol–water partition coefficient (Wildman–Crippen LogP) is 4.68. The maximum absolute atomic E-state index is 7.61. The zero-order valence-corrected chi connectivity index (χ0v) is 20.9. The van der Waals surface area contributed by atoms with Gasteiger partial charge >= 0.3 is 171 Å². The van der Waals surface area contributed by atoms with Crippen LogP contribution in [-0.2, 0) is 2.79 Å². The van der Waals surface area contributed by atoms with Gasteiger partial charge in [0.05, 0.1) is 0 Å². The van der Waals surface area contributed by atoms with Crippen molar-refractivity contribution in [3.63, 3.8) is 0 Å². The molecule has 3 aromatic rings. The third kappa shape index (κ3) is 4.10. The first-order valence-corrected chi connectivity index (χ1v) is 19.4. The predicted molar refractivity (Wildman–Crippen MR) is 122 cm³/mol. The summed E-state index contributed by atoms with van der Waals surface area (Å²) in [6, 6.07) is 33.2. The van der Waals surface area contributed by atoms with E-state index in [2.05, 4.69) is 112 Å². The molecule has 0 bridgehead atoms. The minimum absolute atomic E-state index is 1.21. The van der Waals surface area contributed by atoms with Crippen LogP contribution >= 0.6 is 0 Å². The first-order chi connectivity index (χ1) is 13.2. The molecule has 27 heavy (non-hydrogen) atoms. The molecule has 140 valence electrons. The van der Waals surface area contributed by atoms with Gasteiger partial charge in [-0.05, 0) is 0 Å². The van der Waals surface area contributed by atoms with Crippen LogP contribution in [0, 0.1) is 0 Å². The summed E-state index contributed by atoms with van der Waals surface area (Å²) in [5.41, 5.74) is 0. The molecule has 0 fully saturated rings. The Morgan fingerprint density at radius 3 is 1.07 bits per heavy atom. The summed E-state index contributed by atoms with van der Waals surface area (Å²) in [5, 5.41) is 3.64. The molecular weight excluding hydrogens is 449 g/mol. The second-order valence-electron chi connectivity index (χ2n) is 7.12. The van der Waals surface area contributed by atoms with Gasteiger partial charge in [0, 0.05) is 0 Å². The van der Waals surface area contributed by atoms with Gasteiger partial charge in [0.1, 0.15) is 0 Å². The SMILES string of the molecule is C[CH2][Ge]([CH2]C)([CH2]C)[O][Ge]([c]1ccccc1)([c]1ccccc1)[c]1ccccc1. The quantitative estimate of drug-likeness (QED) is 0.427. The molecule has 0 aliphatic carbocycles. The van der Waals surface area contributed by atoms with E-state index >= 15 is 0 Å². The summed E-state index contributed by atoms with van der Waals surface area (Å²) in [7, 11) is 0. The van der Waals surface area contributed by atoms with Crippen LogP contribution in [0.5, 0.6) is 0 Å². The van der Waals surface area contributed by atoms with Crippen LogP contribution in [0.3, 0.4) is 0 Å². The number of hydrogen-bond acceptors (Lipinski definition) is 1. The second kappa shape index (κ2) is 9.27. The molecular formula is C24H30Ge2O. The number of hydrogen-bond donors (Lipinski definition) is 0. The van der Waals surface area contributed by atoms with Crippen molar-refractivity contribution >= 4 is 40.4 Å². The van der Waals surface area contributed by atoms with E-state index in [1.54, 1.807) is 0 Å². The van der Waals surface area contributed by atoms with Crippen LogP contribution in [0.25, 0.3) is 0 Å². The molecule has 0 saturated heterocycles. The van der Waals surface area contributed by atoms with Crippen molar-refractivity contribution in [3.8, 4) is 0 Å². The molecule has 1 nitrogen and oxygen atoms in total. The van der Waals surface area contributed by atoms with Crippen molar-refractivity contribution in [2.45, 2.75) is 36.5 Å². The molecule has 0 spiro atoms. The maximum atomic E-state index is 7.61. The van der Waals surface area contributed by atoms with Crippen molar-refractivity contribution in [3.05, 3.63) is 91.0 Å². The van der Waals surface area contributed by atoms with Gasteiger partial charge in [0.25, 0.3) is 0 Å². The summed E-state index contributed by atoms with van der Waals surface area (Å²) in [6.45, 7) is 7.04. The van der Waals surface area contributed by atoms with Gasteiger partial charge in [-0.3, -0.25) is 0 Å². The van der Waals surface area contributed by atoms with Crippen molar-refractivity contribution < 1.29 is 2.79 Å². The summed E-state index contributed by atoms with van der Waals surface area (Å²) in [6.07, 6.45) is 0. The Labute approximate surface area is 170 Å². The minimum atomic E-state index is -3.23. The Balaban J connectivity index is 2.32. The fraction of sp³-hybridized carbons (Fsp3) is 0.250. The third-order valence-corrected chi connectivity index (χ3v) is 30.8. The van der Waals surface area contributed by atoms with E-state index in [-0.39, 0.29) is 0 Å². The first-order valence-electron chi connectivity index (χ1n) is 10.1. The molecule has 0 heterocycles. The van der Waals surface area contributed by atoms with Gasteiger partial charge < -0.3 is 0 Å². The molecule has 0 amide bonds. The van der Waals surface area contributed by atoms with E-state index in [9.17, 15) is 0 Å². The van der Waals surface area contributed by atoms with Crippen LogP contribution in [0.15, 0.2) is 91.0 Å². The van der Waals surface area contributed by atoms with Gasteiger partial charge in [-0.2, -0.15) is 0 Å². The first kappa shape index (κ1) is 20.4. The Kier molecular flexibility index (Phi) is 7.02. The number of rotatable bonds is 8. The Morgan fingerprint density at radius 2 is 0.815 bits per heavy atom. The molecule has 0 atom stereocenters. The van der Waals surface area contributed by atoms with Crippen molar-refractivity contribution in [1.82, 2.24) is 0 Å². The van der Waals surface area contributed by atoms with Gasteiger partial charge in [0.2, 0.25) is 0 Å². The van der Waals surface area contributed by atoms with Gasteiger partial charge in [-0.25, -0.2) is 0 Å². The van der Waals surface area contributed by atoms with Crippen molar-refractivity contribution in [2.75, 3.05) is 0 Å². The molecule has 0 aromatic heterocycles. The second-order valence-corrected chi connectivity index (χ2v) is 25.7. The Hall–Kier alpha value is -1.29. The average Bonchev–Trinajstić information content (AvgIpc) is 2.77. The Morgan fingerprint density at radius 1 is 0.519 bits per heavy atom. The molecule has 0 radical (unpaired) electrons. The normalized spacial score (nSPS) is 12.1. The van der Waals surface area contributed by atoms with E-state index in [1.165, 1.54) is 28.9 Å². The monoisotopic (exact) mass is 482 g/mol. The van der Waals surface area contributed by atoms with E-state index in [0.29, 0.717) is 0 Å². The van der Waals surface area contributed by atoms with Crippen molar-refractivity contribution in [1.29, 1.82) is 0 Å². The van der Waals surface area contributed by atoms with Crippen LogP contribution in [0.4, 0.5) is 0 Å². The van der Waals surface area contributed by atoms with Crippen LogP contribution in [0.1, 0.15) is 20.8 Å². The standard InChI is InChI=1S/C24H30Ge2O/c1-4-25(5-2,6-3)27-26(22-16-10-7-11-17-22,23-18-12-8-13-19-23)24-20-14-9-15-21-24/h7-21H,4-6H2,1-3H3.